The Balaban J connectivity index is 1.81. The molecule has 3 aromatic rings. The molecular formula is C16H10N4O2S2. The molecule has 0 bridgehead atoms. The Morgan fingerprint density at radius 1 is 1.33 bits per heavy atom. The molecule has 8 heteroatoms. The first-order valence-electron chi connectivity index (χ1n) is 7.10. The van der Waals surface area contributed by atoms with E-state index in [4.69, 9.17) is 15.7 Å². The molecule has 6 nitrogen and oxygen atoms in total. The van der Waals surface area contributed by atoms with Crippen molar-refractivity contribution in [3.8, 4) is 27.3 Å². The lowest BCUT2D eigenvalue weighted by molar-refractivity contribution is 0.100. The van der Waals surface area contributed by atoms with Crippen molar-refractivity contribution in [2.45, 2.75) is 12.8 Å². The minimum Gasteiger partial charge on any atom is -0.444 e. The zero-order valence-corrected chi connectivity index (χ0v) is 13.9. The third-order valence-electron chi connectivity index (χ3n) is 3.78. The van der Waals surface area contributed by atoms with E-state index in [0.29, 0.717) is 21.4 Å². The van der Waals surface area contributed by atoms with Crippen molar-refractivity contribution in [2.24, 2.45) is 5.73 Å². The summed E-state index contributed by atoms with van der Waals surface area (Å²) in [5, 5.41) is 9.43. The number of primary amides is 1. The summed E-state index contributed by atoms with van der Waals surface area (Å²) in [4.78, 5) is 17.3. The van der Waals surface area contributed by atoms with Crippen LogP contribution in [0, 0.1) is 11.3 Å². The number of carbonyl (C=O) groups is 1. The Bertz CT molecular complexity index is 983. The fraction of sp³-hybridized carbons (Fsp3) is 0.125. The fourth-order valence-corrected chi connectivity index (χ4v) is 4.71. The number of thiophene rings is 1. The molecule has 24 heavy (non-hydrogen) atoms. The summed E-state index contributed by atoms with van der Waals surface area (Å²) < 4.78 is 10.2. The molecule has 2 N–H and O–H groups in total. The van der Waals surface area contributed by atoms with Crippen molar-refractivity contribution in [2.75, 3.05) is 0 Å². The van der Waals surface area contributed by atoms with Crippen LogP contribution in [-0.2, 0) is 12.8 Å². The summed E-state index contributed by atoms with van der Waals surface area (Å²) in [6.45, 7) is 0. The van der Waals surface area contributed by atoms with Gasteiger partial charge < -0.3 is 10.5 Å². The number of nitrogens with two attached hydrogens (primary N) is 1. The monoisotopic (exact) mass is 354 g/mol. The molecular weight excluding hydrogens is 344 g/mol. The molecule has 0 aromatic carbocycles. The Labute approximate surface area is 145 Å². The number of aryl methyl sites for hydroxylation is 1. The summed E-state index contributed by atoms with van der Waals surface area (Å²) in [6, 6.07) is 5.23. The zero-order valence-electron chi connectivity index (χ0n) is 12.3. The highest BCUT2D eigenvalue weighted by molar-refractivity contribution is 7.17. The van der Waals surface area contributed by atoms with Crippen LogP contribution in [0.2, 0.25) is 0 Å². The second kappa shape index (κ2) is 5.70. The molecule has 0 atom stereocenters. The van der Waals surface area contributed by atoms with Gasteiger partial charge >= 0.3 is 0 Å². The van der Waals surface area contributed by atoms with Crippen molar-refractivity contribution in [3.05, 3.63) is 46.2 Å². The number of hydrogen-bond acceptors (Lipinski definition) is 7. The van der Waals surface area contributed by atoms with E-state index in [-0.39, 0.29) is 0 Å². The maximum Gasteiger partial charge on any atom is 0.259 e. The van der Waals surface area contributed by atoms with Gasteiger partial charge in [-0.2, -0.15) is 5.26 Å². The number of nitriles is 1. The maximum absolute atomic E-state index is 11.8. The van der Waals surface area contributed by atoms with Gasteiger partial charge in [0.15, 0.2) is 5.06 Å². The van der Waals surface area contributed by atoms with Gasteiger partial charge in [-0.25, -0.2) is 9.36 Å². The summed E-state index contributed by atoms with van der Waals surface area (Å²) in [6.07, 6.45) is 4.93. The van der Waals surface area contributed by atoms with Gasteiger partial charge in [0, 0.05) is 6.20 Å². The Morgan fingerprint density at radius 3 is 2.92 bits per heavy atom. The van der Waals surface area contributed by atoms with E-state index in [0.717, 1.165) is 34.4 Å². The molecule has 0 saturated heterocycles. The number of amides is 1. The van der Waals surface area contributed by atoms with Gasteiger partial charge in [0.1, 0.15) is 17.5 Å². The Hall–Kier alpha value is -2.76. The van der Waals surface area contributed by atoms with Crippen LogP contribution in [-0.4, -0.2) is 15.3 Å². The second-order valence-corrected chi connectivity index (χ2v) is 6.99. The molecule has 0 radical (unpaired) electrons. The van der Waals surface area contributed by atoms with E-state index in [1.165, 1.54) is 29.1 Å². The van der Waals surface area contributed by atoms with Crippen molar-refractivity contribution in [1.82, 2.24) is 9.36 Å². The predicted molar refractivity (Wildman–Crippen MR) is 90.4 cm³/mol. The van der Waals surface area contributed by atoms with Crippen molar-refractivity contribution in [3.63, 3.8) is 0 Å². The van der Waals surface area contributed by atoms with Gasteiger partial charge in [-0.05, 0) is 47.6 Å². The van der Waals surface area contributed by atoms with Crippen LogP contribution < -0.4 is 10.5 Å². The van der Waals surface area contributed by atoms with Crippen LogP contribution in [0.3, 0.4) is 0 Å². The lowest BCUT2D eigenvalue weighted by Crippen LogP contribution is -2.12. The van der Waals surface area contributed by atoms with E-state index in [9.17, 15) is 4.79 Å². The van der Waals surface area contributed by atoms with Gasteiger partial charge in [0.25, 0.3) is 5.91 Å². The summed E-state index contributed by atoms with van der Waals surface area (Å²) in [5.74, 6) is 0.0581. The van der Waals surface area contributed by atoms with E-state index in [1.807, 2.05) is 12.3 Å². The Kier molecular flexibility index (Phi) is 3.52. The maximum atomic E-state index is 11.8. The molecule has 0 saturated carbocycles. The van der Waals surface area contributed by atoms with Crippen LogP contribution in [0.25, 0.3) is 10.4 Å². The molecule has 0 unspecified atom stereocenters. The first-order valence-corrected chi connectivity index (χ1v) is 8.69. The first kappa shape index (κ1) is 14.8. The van der Waals surface area contributed by atoms with Crippen LogP contribution >= 0.6 is 22.9 Å². The lowest BCUT2D eigenvalue weighted by atomic mass is 9.93. The summed E-state index contributed by atoms with van der Waals surface area (Å²) in [5.41, 5.74) is 8.84. The normalized spacial score (nSPS) is 12.1. The van der Waals surface area contributed by atoms with Crippen molar-refractivity contribution in [1.29, 1.82) is 5.26 Å². The molecule has 1 aliphatic carbocycles. The van der Waals surface area contributed by atoms with Gasteiger partial charge in [0.2, 0.25) is 0 Å². The minimum absolute atomic E-state index is 0.318. The molecule has 1 amide bonds. The lowest BCUT2D eigenvalue weighted by Gasteiger charge is -2.13. The fourth-order valence-electron chi connectivity index (χ4n) is 2.70. The average Bonchev–Trinajstić information content (AvgIpc) is 3.19. The van der Waals surface area contributed by atoms with Crippen LogP contribution in [0.1, 0.15) is 26.5 Å². The van der Waals surface area contributed by atoms with E-state index >= 15 is 0 Å². The Morgan fingerprint density at radius 2 is 2.21 bits per heavy atom. The third kappa shape index (κ3) is 2.35. The zero-order chi connectivity index (χ0) is 16.7. The molecule has 0 spiro atoms. The smallest absolute Gasteiger partial charge is 0.259 e. The number of carbonyl (C=O) groups excluding carboxylic acids is 1. The minimum atomic E-state index is -0.447. The largest absolute Gasteiger partial charge is 0.444 e. The highest BCUT2D eigenvalue weighted by Gasteiger charge is 2.29. The summed E-state index contributed by atoms with van der Waals surface area (Å²) >= 11 is 2.63. The van der Waals surface area contributed by atoms with Crippen molar-refractivity contribution < 1.29 is 9.53 Å². The number of ether oxygens (including phenoxy) is 1. The molecule has 118 valence electrons. The molecule has 4 rings (SSSR count). The van der Waals surface area contributed by atoms with Gasteiger partial charge in [0.05, 0.1) is 21.5 Å². The SMILES string of the molecule is N#Cc1ccc(Oc2sc(C(N)=O)c3c2-c2sncc2CC3)cn1. The number of aromatic nitrogens is 2. The number of rotatable bonds is 3. The molecule has 1 aliphatic rings. The van der Waals surface area contributed by atoms with Crippen molar-refractivity contribution >= 4 is 28.8 Å². The quantitative estimate of drug-likeness (QED) is 0.778. The molecule has 0 aliphatic heterocycles. The standard InChI is InChI=1S/C16H10N4O2S2/c17-5-9-2-3-10(7-19-9)22-16-12-11(14(23-16)15(18)21)4-1-8-6-20-24-13(8)12/h2-3,6-7H,1,4H2,(H2,18,21). The van der Waals surface area contributed by atoms with Crippen LogP contribution in [0.4, 0.5) is 0 Å². The van der Waals surface area contributed by atoms with Gasteiger partial charge in [-0.15, -0.1) is 0 Å². The highest BCUT2D eigenvalue weighted by Crippen LogP contribution is 2.49. The van der Waals surface area contributed by atoms with Crippen LogP contribution in [0.5, 0.6) is 10.8 Å². The number of hydrogen-bond donors (Lipinski definition) is 1. The van der Waals surface area contributed by atoms with E-state index < -0.39 is 5.91 Å². The molecule has 0 fully saturated rings. The summed E-state index contributed by atoms with van der Waals surface area (Å²) in [7, 11) is 0. The number of pyridine rings is 1. The molecule has 3 aromatic heterocycles. The average molecular weight is 354 g/mol. The predicted octanol–water partition coefficient (Wildman–Crippen LogP) is 3.13. The third-order valence-corrected chi connectivity index (χ3v) is 5.76. The highest BCUT2D eigenvalue weighted by atomic mass is 32.1. The van der Waals surface area contributed by atoms with Gasteiger partial charge in [-0.1, -0.05) is 11.3 Å². The number of fused-ring (bicyclic) bond motifs is 3. The van der Waals surface area contributed by atoms with Gasteiger partial charge in [-0.3, -0.25) is 4.79 Å². The molecule has 3 heterocycles. The first-order chi connectivity index (χ1) is 11.7. The van der Waals surface area contributed by atoms with E-state index in [2.05, 4.69) is 9.36 Å². The van der Waals surface area contributed by atoms with E-state index in [1.54, 1.807) is 12.1 Å². The topological polar surface area (TPSA) is 102 Å². The van der Waals surface area contributed by atoms with Crippen LogP contribution in [0.15, 0.2) is 24.5 Å². The number of nitrogens with zero attached hydrogens (tertiary/aromatic N) is 3. The second-order valence-electron chi connectivity index (χ2n) is 5.21.